The number of aryl methyl sites for hydroxylation is 2. The first-order valence-electron chi connectivity index (χ1n) is 7.47. The van der Waals surface area contributed by atoms with Crippen molar-refractivity contribution in [3.63, 3.8) is 0 Å². The minimum absolute atomic E-state index is 0.139. The summed E-state index contributed by atoms with van der Waals surface area (Å²) in [5, 5.41) is 0. The maximum Gasteiger partial charge on any atom is 0.294 e. The highest BCUT2D eigenvalue weighted by Crippen LogP contribution is 2.27. The van der Waals surface area contributed by atoms with E-state index in [9.17, 15) is 8.42 Å². The zero-order valence-corrected chi connectivity index (χ0v) is 17.2. The number of sulfonamides is 1. The number of methoxy groups -OCH3 is 1. The van der Waals surface area contributed by atoms with Gasteiger partial charge in [0.05, 0.1) is 21.2 Å². The Morgan fingerprint density at radius 3 is 2.56 bits per heavy atom. The highest BCUT2D eigenvalue weighted by atomic mass is 35.5. The smallest absolute Gasteiger partial charge is 0.294 e. The fourth-order valence-corrected chi connectivity index (χ4v) is 6.17. The summed E-state index contributed by atoms with van der Waals surface area (Å²) in [6.07, 6.45) is 0. The Morgan fingerprint density at radius 2 is 1.92 bits per heavy atom. The predicted octanol–water partition coefficient (Wildman–Crippen LogP) is 3.97. The van der Waals surface area contributed by atoms with Crippen molar-refractivity contribution < 1.29 is 13.2 Å². The topological polar surface area (TPSA) is 60.7 Å². The summed E-state index contributed by atoms with van der Waals surface area (Å²) in [6.45, 7) is 5.07. The van der Waals surface area contributed by atoms with Gasteiger partial charge in [-0.25, -0.2) is 0 Å². The number of rotatable bonds is 5. The number of ether oxygens (including phenoxy) is 1. The molecule has 0 unspecified atom stereocenters. The van der Waals surface area contributed by atoms with E-state index in [1.165, 1.54) is 17.4 Å². The SMILES string of the molecule is COCCn1c(=NS(=O)(=O)c2ccc(Cl)s2)sc2cc(C)c(C)cc21. The van der Waals surface area contributed by atoms with Crippen molar-refractivity contribution in [2.24, 2.45) is 4.40 Å². The number of nitrogens with zero attached hydrogens (tertiary/aromatic N) is 2. The van der Waals surface area contributed by atoms with Crippen LogP contribution in [0.1, 0.15) is 11.1 Å². The van der Waals surface area contributed by atoms with E-state index in [0.29, 0.717) is 22.3 Å². The third-order valence-corrected chi connectivity index (χ3v) is 7.94. The monoisotopic (exact) mass is 416 g/mol. The van der Waals surface area contributed by atoms with Gasteiger partial charge in [0.15, 0.2) is 0 Å². The van der Waals surface area contributed by atoms with Gasteiger partial charge in [0, 0.05) is 13.7 Å². The lowest BCUT2D eigenvalue weighted by Crippen LogP contribution is -2.19. The van der Waals surface area contributed by atoms with Crippen molar-refractivity contribution in [2.75, 3.05) is 13.7 Å². The number of benzene rings is 1. The van der Waals surface area contributed by atoms with Gasteiger partial charge >= 0.3 is 0 Å². The third-order valence-electron chi connectivity index (χ3n) is 3.82. The van der Waals surface area contributed by atoms with Crippen molar-refractivity contribution in [1.29, 1.82) is 0 Å². The van der Waals surface area contributed by atoms with Crippen LogP contribution in [0.15, 0.2) is 32.9 Å². The van der Waals surface area contributed by atoms with Gasteiger partial charge in [0.25, 0.3) is 10.0 Å². The maximum absolute atomic E-state index is 12.6. The van der Waals surface area contributed by atoms with Gasteiger partial charge in [-0.15, -0.1) is 15.7 Å². The van der Waals surface area contributed by atoms with E-state index in [1.807, 2.05) is 18.4 Å². The van der Waals surface area contributed by atoms with Crippen molar-refractivity contribution in [3.05, 3.63) is 44.5 Å². The van der Waals surface area contributed by atoms with Crippen LogP contribution in [0.5, 0.6) is 0 Å². The summed E-state index contributed by atoms with van der Waals surface area (Å²) in [5.74, 6) is 0. The van der Waals surface area contributed by atoms with Crippen LogP contribution >= 0.6 is 34.3 Å². The van der Waals surface area contributed by atoms with E-state index in [2.05, 4.69) is 16.5 Å². The lowest BCUT2D eigenvalue weighted by Gasteiger charge is -2.06. The predicted molar refractivity (Wildman–Crippen MR) is 103 cm³/mol. The van der Waals surface area contributed by atoms with Gasteiger partial charge < -0.3 is 9.30 Å². The zero-order valence-electron chi connectivity index (χ0n) is 13.9. The quantitative estimate of drug-likeness (QED) is 0.632. The molecule has 3 rings (SSSR count). The second-order valence-corrected chi connectivity index (χ2v) is 10.1. The molecular weight excluding hydrogens is 400 g/mol. The summed E-state index contributed by atoms with van der Waals surface area (Å²) >= 11 is 8.22. The minimum atomic E-state index is -3.80. The molecule has 0 amide bonds. The molecule has 9 heteroatoms. The molecule has 0 N–H and O–H groups in total. The Bertz CT molecular complexity index is 1090. The fourth-order valence-electron chi connectivity index (χ4n) is 2.37. The highest BCUT2D eigenvalue weighted by Gasteiger charge is 2.17. The number of thiazole rings is 1. The Kier molecular flexibility index (Phi) is 5.36. The summed E-state index contributed by atoms with van der Waals surface area (Å²) in [4.78, 5) is 0.432. The van der Waals surface area contributed by atoms with Crippen LogP contribution in [0.2, 0.25) is 4.34 Å². The molecule has 1 aromatic carbocycles. The van der Waals surface area contributed by atoms with Crippen LogP contribution in [0.4, 0.5) is 0 Å². The molecule has 2 aromatic heterocycles. The largest absolute Gasteiger partial charge is 0.383 e. The maximum atomic E-state index is 12.6. The normalized spacial score (nSPS) is 13.0. The number of aromatic nitrogens is 1. The Balaban J connectivity index is 2.23. The molecule has 0 aliphatic rings. The molecular formula is C16H17ClN2O3S3. The van der Waals surface area contributed by atoms with Crippen molar-refractivity contribution in [3.8, 4) is 0 Å². The number of fused-ring (bicyclic) bond motifs is 1. The summed E-state index contributed by atoms with van der Waals surface area (Å²) in [5.41, 5.74) is 3.27. The Labute approximate surface area is 159 Å². The molecule has 0 radical (unpaired) electrons. The summed E-state index contributed by atoms with van der Waals surface area (Å²) in [6, 6.07) is 7.16. The number of hydrogen-bond acceptors (Lipinski definition) is 5. The molecule has 0 saturated heterocycles. The zero-order chi connectivity index (χ0) is 18.2. The lowest BCUT2D eigenvalue weighted by molar-refractivity contribution is 0.187. The number of thiophene rings is 1. The van der Waals surface area contributed by atoms with E-state index < -0.39 is 10.0 Å². The van der Waals surface area contributed by atoms with Gasteiger partial charge in [0.1, 0.15) is 4.21 Å². The molecule has 0 aliphatic heterocycles. The Morgan fingerprint density at radius 1 is 1.20 bits per heavy atom. The van der Waals surface area contributed by atoms with Crippen molar-refractivity contribution in [2.45, 2.75) is 24.6 Å². The molecule has 2 heterocycles. The first-order chi connectivity index (χ1) is 11.8. The van der Waals surface area contributed by atoms with Crippen LogP contribution in [-0.2, 0) is 21.3 Å². The van der Waals surface area contributed by atoms with Gasteiger partial charge in [-0.2, -0.15) is 8.42 Å². The van der Waals surface area contributed by atoms with E-state index >= 15 is 0 Å². The first kappa shape index (κ1) is 18.6. The van der Waals surface area contributed by atoms with Crippen LogP contribution < -0.4 is 4.80 Å². The van der Waals surface area contributed by atoms with Crippen molar-refractivity contribution >= 4 is 54.5 Å². The van der Waals surface area contributed by atoms with E-state index in [1.54, 1.807) is 13.2 Å². The third kappa shape index (κ3) is 3.83. The van der Waals surface area contributed by atoms with Gasteiger partial charge in [-0.3, -0.25) is 0 Å². The first-order valence-corrected chi connectivity index (χ1v) is 10.9. The van der Waals surface area contributed by atoms with Gasteiger partial charge in [-0.1, -0.05) is 22.9 Å². The minimum Gasteiger partial charge on any atom is -0.383 e. The second kappa shape index (κ2) is 7.20. The molecule has 134 valence electrons. The van der Waals surface area contributed by atoms with Crippen LogP contribution in [-0.4, -0.2) is 26.7 Å². The summed E-state index contributed by atoms with van der Waals surface area (Å²) < 4.78 is 37.9. The number of hydrogen-bond donors (Lipinski definition) is 0. The molecule has 25 heavy (non-hydrogen) atoms. The van der Waals surface area contributed by atoms with Crippen LogP contribution in [0, 0.1) is 13.8 Å². The molecule has 0 atom stereocenters. The highest BCUT2D eigenvalue weighted by molar-refractivity contribution is 7.92. The fraction of sp³-hybridized carbons (Fsp3) is 0.312. The van der Waals surface area contributed by atoms with Gasteiger partial charge in [0.2, 0.25) is 4.80 Å². The summed E-state index contributed by atoms with van der Waals surface area (Å²) in [7, 11) is -2.18. The number of halogens is 1. The second-order valence-electron chi connectivity index (χ2n) is 5.56. The van der Waals surface area contributed by atoms with Crippen molar-refractivity contribution in [1.82, 2.24) is 4.57 Å². The van der Waals surface area contributed by atoms with Crippen LogP contribution in [0.25, 0.3) is 10.2 Å². The van der Waals surface area contributed by atoms with E-state index in [0.717, 1.165) is 32.7 Å². The molecule has 0 spiro atoms. The van der Waals surface area contributed by atoms with Crippen LogP contribution in [0.3, 0.4) is 0 Å². The molecule has 0 fully saturated rings. The Hall–Kier alpha value is -1.19. The van der Waals surface area contributed by atoms with E-state index in [-0.39, 0.29) is 4.21 Å². The molecule has 0 bridgehead atoms. The average Bonchev–Trinajstić information content (AvgIpc) is 3.10. The van der Waals surface area contributed by atoms with E-state index in [4.69, 9.17) is 16.3 Å². The standard InChI is InChI=1S/C16H17ClN2O3S3/c1-10-8-12-13(9-11(10)2)23-16(19(12)6-7-22-3)18-25(20,21)15-5-4-14(17)24-15/h4-5,8-9H,6-7H2,1-3H3. The molecule has 0 aliphatic carbocycles. The molecule has 5 nitrogen and oxygen atoms in total. The molecule has 0 saturated carbocycles. The van der Waals surface area contributed by atoms with Gasteiger partial charge in [-0.05, 0) is 49.2 Å². The molecule has 3 aromatic rings. The lowest BCUT2D eigenvalue weighted by atomic mass is 10.1. The average molecular weight is 417 g/mol.